The van der Waals surface area contributed by atoms with Gasteiger partial charge in [-0.05, 0) is 25.0 Å². The van der Waals surface area contributed by atoms with Gasteiger partial charge in [-0.1, -0.05) is 0 Å². The van der Waals surface area contributed by atoms with Crippen LogP contribution in [-0.4, -0.2) is 42.4 Å². The molecule has 0 amide bonds. The summed E-state index contributed by atoms with van der Waals surface area (Å²) in [5.41, 5.74) is 10.8. The van der Waals surface area contributed by atoms with Gasteiger partial charge in [-0.2, -0.15) is 5.26 Å². The van der Waals surface area contributed by atoms with Crippen molar-refractivity contribution in [3.63, 3.8) is 0 Å². The minimum atomic E-state index is -1.15. The third kappa shape index (κ3) is 3.56. The van der Waals surface area contributed by atoms with Crippen LogP contribution in [0, 0.1) is 16.7 Å². The number of nitrogens with zero attached hydrogens (tertiary/aromatic N) is 2. The van der Waals surface area contributed by atoms with Gasteiger partial charge in [0.25, 0.3) is 0 Å². The van der Waals surface area contributed by atoms with Crippen molar-refractivity contribution in [3.8, 4) is 6.07 Å². The lowest BCUT2D eigenvalue weighted by Crippen LogP contribution is -2.28. The normalized spacial score (nSPS) is 24.2. The zero-order valence-corrected chi connectivity index (χ0v) is 12.4. The standard InChI is InChI=1S/C14H18N6O3/c15-5-12(21)22-6-9-3-4-14(7-16,23-9)11-2-1-10(20-11)13(18)19-8-17/h1-2,8-9,20H,3-6,15H2,(H3,17,18,19). The van der Waals surface area contributed by atoms with E-state index in [0.717, 1.165) is 6.34 Å². The van der Waals surface area contributed by atoms with Gasteiger partial charge in [0.05, 0.1) is 24.0 Å². The largest absolute Gasteiger partial charge is 0.462 e. The summed E-state index contributed by atoms with van der Waals surface area (Å²) in [6, 6.07) is 5.53. The van der Waals surface area contributed by atoms with Gasteiger partial charge < -0.3 is 25.9 Å². The van der Waals surface area contributed by atoms with Crippen LogP contribution >= 0.6 is 0 Å². The van der Waals surface area contributed by atoms with Crippen molar-refractivity contribution in [3.05, 3.63) is 23.5 Å². The molecule has 0 bridgehead atoms. The number of H-pyrrole nitrogens is 1. The maximum Gasteiger partial charge on any atom is 0.319 e. The van der Waals surface area contributed by atoms with Gasteiger partial charge in [-0.15, -0.1) is 0 Å². The van der Waals surface area contributed by atoms with Crippen molar-refractivity contribution in [2.45, 2.75) is 24.5 Å². The number of aromatic amines is 1. The summed E-state index contributed by atoms with van der Waals surface area (Å²) in [6.07, 6.45) is 1.49. The molecular formula is C14H18N6O3. The van der Waals surface area contributed by atoms with Crippen LogP contribution in [0.3, 0.4) is 0 Å². The second-order valence-electron chi connectivity index (χ2n) is 5.03. The first kappa shape index (κ1) is 16.7. The molecule has 23 heavy (non-hydrogen) atoms. The second kappa shape index (κ2) is 7.04. The summed E-state index contributed by atoms with van der Waals surface area (Å²) in [4.78, 5) is 17.8. The Morgan fingerprint density at radius 2 is 2.48 bits per heavy atom. The third-order valence-corrected chi connectivity index (χ3v) is 3.56. The molecule has 1 aliphatic rings. The van der Waals surface area contributed by atoms with E-state index >= 15 is 0 Å². The number of aliphatic imine (C=N–C) groups is 1. The molecule has 6 N–H and O–H groups in total. The maximum absolute atomic E-state index is 11.1. The molecule has 1 aliphatic heterocycles. The summed E-state index contributed by atoms with van der Waals surface area (Å²) in [7, 11) is 0. The fraction of sp³-hybridized carbons (Fsp3) is 0.429. The topological polar surface area (TPSA) is 163 Å². The van der Waals surface area contributed by atoms with E-state index < -0.39 is 11.6 Å². The van der Waals surface area contributed by atoms with Gasteiger partial charge in [0, 0.05) is 0 Å². The molecule has 2 atom stereocenters. The number of hydrogen-bond donors (Lipinski definition) is 4. The number of nitrogens with two attached hydrogens (primary N) is 2. The molecule has 2 rings (SSSR count). The SMILES string of the molecule is N#CC1(c2ccc(C(N)=NC=N)[nH]2)CCC(COC(=O)CN)O1. The number of aromatic nitrogens is 1. The molecular weight excluding hydrogens is 300 g/mol. The van der Waals surface area contributed by atoms with E-state index in [1.807, 2.05) is 0 Å². The Kier molecular flexibility index (Phi) is 5.10. The molecule has 2 unspecified atom stereocenters. The molecule has 0 saturated carbocycles. The van der Waals surface area contributed by atoms with Gasteiger partial charge in [-0.25, -0.2) is 4.99 Å². The Bertz CT molecular complexity index is 662. The van der Waals surface area contributed by atoms with E-state index in [9.17, 15) is 10.1 Å². The lowest BCUT2D eigenvalue weighted by molar-refractivity contribution is -0.147. The Hall–Kier alpha value is -2.70. The first-order valence-corrected chi connectivity index (χ1v) is 7.01. The van der Waals surface area contributed by atoms with Crippen molar-refractivity contribution in [1.82, 2.24) is 4.98 Å². The monoisotopic (exact) mass is 318 g/mol. The number of amidine groups is 1. The van der Waals surface area contributed by atoms with Crippen LogP contribution in [0.15, 0.2) is 17.1 Å². The van der Waals surface area contributed by atoms with Crippen LogP contribution in [0.5, 0.6) is 0 Å². The van der Waals surface area contributed by atoms with Crippen molar-refractivity contribution < 1.29 is 14.3 Å². The predicted octanol–water partition coefficient (Wildman–Crippen LogP) is -0.273. The van der Waals surface area contributed by atoms with E-state index in [-0.39, 0.29) is 25.1 Å². The van der Waals surface area contributed by atoms with E-state index in [2.05, 4.69) is 16.0 Å². The third-order valence-electron chi connectivity index (χ3n) is 3.56. The predicted molar refractivity (Wildman–Crippen MR) is 81.7 cm³/mol. The van der Waals surface area contributed by atoms with E-state index in [1.165, 1.54) is 0 Å². The van der Waals surface area contributed by atoms with Crippen molar-refractivity contribution in [2.75, 3.05) is 13.2 Å². The average Bonchev–Trinajstić information content (AvgIpc) is 3.20. The molecule has 2 heterocycles. The number of nitrogens with one attached hydrogen (secondary N) is 2. The summed E-state index contributed by atoms with van der Waals surface area (Å²) in [5.74, 6) is -0.369. The number of hydrogen-bond acceptors (Lipinski definition) is 6. The van der Waals surface area contributed by atoms with Gasteiger partial charge >= 0.3 is 5.97 Å². The van der Waals surface area contributed by atoms with Crippen LogP contribution in [0.1, 0.15) is 24.2 Å². The smallest absolute Gasteiger partial charge is 0.319 e. The van der Waals surface area contributed by atoms with Crippen LogP contribution in [0.4, 0.5) is 0 Å². The van der Waals surface area contributed by atoms with Crippen molar-refractivity contribution in [1.29, 1.82) is 10.7 Å². The molecule has 0 spiro atoms. The van der Waals surface area contributed by atoms with E-state index in [4.69, 9.17) is 26.4 Å². The maximum atomic E-state index is 11.1. The Morgan fingerprint density at radius 3 is 3.13 bits per heavy atom. The molecule has 122 valence electrons. The highest BCUT2D eigenvalue weighted by Crippen LogP contribution is 2.38. The van der Waals surface area contributed by atoms with E-state index in [0.29, 0.717) is 24.2 Å². The van der Waals surface area contributed by atoms with Crippen LogP contribution in [0.2, 0.25) is 0 Å². The van der Waals surface area contributed by atoms with Crippen LogP contribution < -0.4 is 11.5 Å². The van der Waals surface area contributed by atoms with Gasteiger partial charge in [0.15, 0.2) is 5.60 Å². The quantitative estimate of drug-likeness (QED) is 0.320. The van der Waals surface area contributed by atoms with Gasteiger partial charge in [0.2, 0.25) is 0 Å². The molecule has 9 heteroatoms. The zero-order valence-electron chi connectivity index (χ0n) is 12.4. The fourth-order valence-electron chi connectivity index (χ4n) is 2.39. The Balaban J connectivity index is 2.11. The van der Waals surface area contributed by atoms with Gasteiger partial charge in [-0.3, -0.25) is 10.2 Å². The second-order valence-corrected chi connectivity index (χ2v) is 5.03. The number of carbonyl (C=O) groups is 1. The molecule has 9 nitrogen and oxygen atoms in total. The molecule has 1 fully saturated rings. The summed E-state index contributed by atoms with van der Waals surface area (Å²) >= 11 is 0. The summed E-state index contributed by atoms with van der Waals surface area (Å²) in [6.45, 7) is -0.133. The molecule has 1 saturated heterocycles. The first-order chi connectivity index (χ1) is 11.0. The molecule has 0 aliphatic carbocycles. The highest BCUT2D eigenvalue weighted by atomic mass is 16.6. The fourth-order valence-corrected chi connectivity index (χ4v) is 2.39. The zero-order chi connectivity index (χ0) is 16.9. The lowest BCUT2D eigenvalue weighted by Gasteiger charge is -2.20. The minimum Gasteiger partial charge on any atom is -0.462 e. The highest BCUT2D eigenvalue weighted by Gasteiger charge is 2.43. The number of nitriles is 1. The molecule has 1 aromatic heterocycles. The molecule has 0 aromatic carbocycles. The number of carbonyl (C=O) groups excluding carboxylic acids is 1. The number of ether oxygens (including phenoxy) is 2. The van der Waals surface area contributed by atoms with Crippen molar-refractivity contribution in [2.24, 2.45) is 16.5 Å². The Labute approximate surface area is 132 Å². The minimum absolute atomic E-state index is 0.0599. The highest BCUT2D eigenvalue weighted by molar-refractivity contribution is 5.99. The van der Waals surface area contributed by atoms with E-state index in [1.54, 1.807) is 12.1 Å². The van der Waals surface area contributed by atoms with Crippen molar-refractivity contribution >= 4 is 18.1 Å². The van der Waals surface area contributed by atoms with Crippen LogP contribution in [0.25, 0.3) is 0 Å². The lowest BCUT2D eigenvalue weighted by atomic mass is 9.98. The number of rotatable bonds is 6. The average molecular weight is 318 g/mol. The molecule has 0 radical (unpaired) electrons. The Morgan fingerprint density at radius 1 is 1.70 bits per heavy atom. The summed E-state index contributed by atoms with van der Waals surface area (Å²) < 4.78 is 10.7. The first-order valence-electron chi connectivity index (χ1n) is 7.01. The van der Waals surface area contributed by atoms with Crippen LogP contribution in [-0.2, 0) is 19.9 Å². The number of esters is 1. The summed E-state index contributed by atoms with van der Waals surface area (Å²) in [5, 5.41) is 16.5. The molecule has 1 aromatic rings. The van der Waals surface area contributed by atoms with Gasteiger partial charge in [0.1, 0.15) is 24.9 Å².